The molecule has 0 spiro atoms. The molecule has 14 heavy (non-hydrogen) atoms. The third kappa shape index (κ3) is 3.25. The van der Waals surface area contributed by atoms with Gasteiger partial charge in [-0.2, -0.15) is 0 Å². The number of aliphatic hydroxyl groups is 1. The lowest BCUT2D eigenvalue weighted by Crippen LogP contribution is -2.26. The number of hydrogen-bond donors (Lipinski definition) is 2. The fraction of sp³-hybridized carbons (Fsp3) is 0.636. The second kappa shape index (κ2) is 5.29. The van der Waals surface area contributed by atoms with Crippen LogP contribution in [0.15, 0.2) is 23.8 Å². The van der Waals surface area contributed by atoms with E-state index in [0.29, 0.717) is 0 Å². The molecule has 1 rings (SSSR count). The van der Waals surface area contributed by atoms with Crippen LogP contribution in [0.1, 0.15) is 19.8 Å². The number of hydrogen-bond acceptors (Lipinski definition) is 3. The van der Waals surface area contributed by atoms with Crippen molar-refractivity contribution in [3.63, 3.8) is 0 Å². The first-order valence-electron chi connectivity index (χ1n) is 4.99. The van der Waals surface area contributed by atoms with Gasteiger partial charge in [-0.05, 0) is 31.4 Å². The quantitative estimate of drug-likeness (QED) is 0.706. The zero-order valence-electron chi connectivity index (χ0n) is 8.81. The zero-order valence-corrected chi connectivity index (χ0v) is 8.81. The Morgan fingerprint density at radius 1 is 1.64 bits per heavy atom. The van der Waals surface area contributed by atoms with E-state index < -0.39 is 6.10 Å². The molecule has 0 saturated carbocycles. The topological polar surface area (TPSA) is 55.5 Å². The maximum absolute atomic E-state index is 9.48. The van der Waals surface area contributed by atoms with Crippen molar-refractivity contribution in [3.8, 4) is 0 Å². The predicted octanol–water partition coefficient (Wildman–Crippen LogP) is 0.986. The summed E-state index contributed by atoms with van der Waals surface area (Å²) in [4.78, 5) is 0. The van der Waals surface area contributed by atoms with Gasteiger partial charge in [0.2, 0.25) is 0 Å². The lowest BCUT2D eigenvalue weighted by atomic mass is 9.97. The molecule has 0 bridgehead atoms. The van der Waals surface area contributed by atoms with Crippen LogP contribution in [0.25, 0.3) is 0 Å². The van der Waals surface area contributed by atoms with Crippen LogP contribution in [-0.2, 0) is 4.74 Å². The molecule has 0 radical (unpaired) electrons. The van der Waals surface area contributed by atoms with E-state index in [1.807, 2.05) is 19.1 Å². The van der Waals surface area contributed by atoms with Gasteiger partial charge in [-0.25, -0.2) is 0 Å². The minimum absolute atomic E-state index is 0.205. The smallest absolute Gasteiger partial charge is 0.105 e. The van der Waals surface area contributed by atoms with Crippen LogP contribution in [0.5, 0.6) is 0 Å². The van der Waals surface area contributed by atoms with Gasteiger partial charge in [-0.15, -0.1) is 0 Å². The summed E-state index contributed by atoms with van der Waals surface area (Å²) in [6, 6.07) is 0.220. The summed E-state index contributed by atoms with van der Waals surface area (Å²) in [5.41, 5.74) is 6.87. The third-order valence-corrected chi connectivity index (χ3v) is 2.38. The molecule has 80 valence electrons. The van der Waals surface area contributed by atoms with E-state index in [1.54, 1.807) is 13.2 Å². The van der Waals surface area contributed by atoms with Gasteiger partial charge in [0.05, 0.1) is 0 Å². The zero-order chi connectivity index (χ0) is 10.6. The molecule has 3 N–H and O–H groups in total. The van der Waals surface area contributed by atoms with E-state index in [4.69, 9.17) is 10.5 Å². The van der Waals surface area contributed by atoms with Crippen molar-refractivity contribution in [1.82, 2.24) is 0 Å². The Morgan fingerprint density at radius 3 is 2.93 bits per heavy atom. The van der Waals surface area contributed by atoms with Gasteiger partial charge in [0.25, 0.3) is 0 Å². The summed E-state index contributed by atoms with van der Waals surface area (Å²) in [6.07, 6.45) is 6.87. The number of methoxy groups -OCH3 is 1. The minimum Gasteiger partial charge on any atom is -0.386 e. The normalized spacial score (nSPS) is 28.7. The summed E-state index contributed by atoms with van der Waals surface area (Å²) in [5.74, 6) is 0. The molecule has 1 aliphatic carbocycles. The average molecular weight is 197 g/mol. The molecule has 0 amide bonds. The van der Waals surface area contributed by atoms with Gasteiger partial charge in [-0.1, -0.05) is 12.2 Å². The molecule has 1 aliphatic rings. The summed E-state index contributed by atoms with van der Waals surface area (Å²) < 4.78 is 5.13. The van der Waals surface area contributed by atoms with Gasteiger partial charge in [-0.3, -0.25) is 0 Å². The average Bonchev–Trinajstić information content (AvgIpc) is 2.16. The van der Waals surface area contributed by atoms with Crippen LogP contribution >= 0.6 is 0 Å². The first kappa shape index (κ1) is 11.4. The molecule has 3 unspecified atom stereocenters. The summed E-state index contributed by atoms with van der Waals surface area (Å²) in [5, 5.41) is 9.48. The maximum atomic E-state index is 9.48. The Hall–Kier alpha value is -0.640. The number of rotatable bonds is 4. The van der Waals surface area contributed by atoms with Crippen molar-refractivity contribution in [2.24, 2.45) is 5.73 Å². The lowest BCUT2D eigenvalue weighted by molar-refractivity contribution is 0.0409. The molecule has 0 aromatic heterocycles. The van der Waals surface area contributed by atoms with Crippen molar-refractivity contribution >= 4 is 0 Å². The molecule has 0 aromatic rings. The molecule has 3 nitrogen and oxygen atoms in total. The summed E-state index contributed by atoms with van der Waals surface area (Å²) in [7, 11) is 1.60. The molecular weight excluding hydrogens is 178 g/mol. The maximum Gasteiger partial charge on any atom is 0.105 e. The van der Waals surface area contributed by atoms with Crippen molar-refractivity contribution in [1.29, 1.82) is 0 Å². The number of nitrogens with two attached hydrogens (primary N) is 1. The highest BCUT2D eigenvalue weighted by atomic mass is 16.5. The molecule has 3 atom stereocenters. The molecule has 0 heterocycles. The van der Waals surface area contributed by atoms with Crippen LogP contribution in [0.2, 0.25) is 0 Å². The second-order valence-corrected chi connectivity index (χ2v) is 3.81. The highest BCUT2D eigenvalue weighted by Gasteiger charge is 2.17. The fourth-order valence-electron chi connectivity index (χ4n) is 1.47. The molecule has 3 heteroatoms. The van der Waals surface area contributed by atoms with E-state index in [9.17, 15) is 5.11 Å². The molecule has 0 fully saturated rings. The highest BCUT2D eigenvalue weighted by Crippen LogP contribution is 2.18. The van der Waals surface area contributed by atoms with E-state index in [-0.39, 0.29) is 12.1 Å². The van der Waals surface area contributed by atoms with Crippen LogP contribution in [0, 0.1) is 0 Å². The van der Waals surface area contributed by atoms with E-state index in [2.05, 4.69) is 0 Å². The Morgan fingerprint density at radius 2 is 2.36 bits per heavy atom. The second-order valence-electron chi connectivity index (χ2n) is 3.81. The van der Waals surface area contributed by atoms with Crippen molar-refractivity contribution in [2.75, 3.05) is 7.11 Å². The third-order valence-electron chi connectivity index (χ3n) is 2.38. The number of allylic oxidation sites excluding steroid dienone is 2. The molecular formula is C11H19NO2. The molecule has 0 saturated heterocycles. The first-order valence-corrected chi connectivity index (χ1v) is 4.99. The van der Waals surface area contributed by atoms with Gasteiger partial charge >= 0.3 is 0 Å². The largest absolute Gasteiger partial charge is 0.386 e. The van der Waals surface area contributed by atoms with Gasteiger partial charge in [0.1, 0.15) is 12.2 Å². The Balaban J connectivity index is 2.49. The van der Waals surface area contributed by atoms with Gasteiger partial charge in [0.15, 0.2) is 0 Å². The number of aliphatic hydroxyl groups excluding tert-OH is 1. The fourth-order valence-corrected chi connectivity index (χ4v) is 1.47. The lowest BCUT2D eigenvalue weighted by Gasteiger charge is -2.21. The van der Waals surface area contributed by atoms with Crippen molar-refractivity contribution in [2.45, 2.75) is 38.0 Å². The Bertz CT molecular complexity index is 233. The Labute approximate surface area is 85.3 Å². The van der Waals surface area contributed by atoms with Gasteiger partial charge in [0, 0.05) is 13.2 Å². The molecule has 0 aliphatic heterocycles. The Kier molecular flexibility index (Phi) is 4.32. The van der Waals surface area contributed by atoms with Crippen molar-refractivity contribution in [3.05, 3.63) is 23.8 Å². The van der Waals surface area contributed by atoms with Crippen LogP contribution in [0.3, 0.4) is 0 Å². The summed E-state index contributed by atoms with van der Waals surface area (Å²) in [6.45, 7) is 2.00. The van der Waals surface area contributed by atoms with E-state index >= 15 is 0 Å². The monoisotopic (exact) mass is 197 g/mol. The molecule has 0 aromatic carbocycles. The number of ether oxygens (including phenoxy) is 1. The predicted molar refractivity (Wildman–Crippen MR) is 56.9 cm³/mol. The highest BCUT2D eigenvalue weighted by molar-refractivity contribution is 5.27. The van der Waals surface area contributed by atoms with Crippen LogP contribution in [0.4, 0.5) is 0 Å². The van der Waals surface area contributed by atoms with E-state index in [1.165, 1.54) is 5.57 Å². The SMILES string of the molecule is COC1C=C(CCC(C)N)C=CC1O. The van der Waals surface area contributed by atoms with Crippen LogP contribution < -0.4 is 5.73 Å². The van der Waals surface area contributed by atoms with Crippen molar-refractivity contribution < 1.29 is 9.84 Å². The van der Waals surface area contributed by atoms with E-state index in [0.717, 1.165) is 12.8 Å². The summed E-state index contributed by atoms with van der Waals surface area (Å²) >= 11 is 0. The first-order chi connectivity index (χ1) is 6.63. The van der Waals surface area contributed by atoms with Crippen LogP contribution in [-0.4, -0.2) is 30.5 Å². The van der Waals surface area contributed by atoms with Gasteiger partial charge < -0.3 is 15.6 Å². The standard InChI is InChI=1S/C11H19NO2/c1-8(12)3-4-9-5-6-10(13)11(7-9)14-2/h5-8,10-11,13H,3-4,12H2,1-2H3. The minimum atomic E-state index is -0.515.